The largest absolute Gasteiger partial charge is 0.371 e. The highest BCUT2D eigenvalue weighted by Gasteiger charge is 2.23. The van der Waals surface area contributed by atoms with Gasteiger partial charge in [0.2, 0.25) is 0 Å². The van der Waals surface area contributed by atoms with Crippen molar-refractivity contribution in [2.45, 2.75) is 32.6 Å². The number of hydrogen-bond acceptors (Lipinski definition) is 3. The highest BCUT2D eigenvalue weighted by Crippen LogP contribution is 2.34. The van der Waals surface area contributed by atoms with Gasteiger partial charge in [0.1, 0.15) is 5.69 Å². The molecule has 0 bridgehead atoms. The summed E-state index contributed by atoms with van der Waals surface area (Å²) in [6, 6.07) is 10.5. The highest BCUT2D eigenvalue weighted by molar-refractivity contribution is 5.93. The monoisotopic (exact) mass is 362 g/mol. The number of aromatic amines is 1. The number of aryl methyl sites for hydroxylation is 1. The third kappa shape index (κ3) is 3.54. The van der Waals surface area contributed by atoms with Crippen LogP contribution in [0.25, 0.3) is 10.9 Å². The minimum Gasteiger partial charge on any atom is -0.371 e. The highest BCUT2D eigenvalue weighted by atomic mass is 16.1. The number of nitrogens with zero attached hydrogens (tertiary/aromatic N) is 2. The van der Waals surface area contributed by atoms with Gasteiger partial charge in [0.05, 0.1) is 0 Å². The summed E-state index contributed by atoms with van der Waals surface area (Å²) in [6.07, 6.45) is 6.14. The van der Waals surface area contributed by atoms with Crippen molar-refractivity contribution in [3.8, 4) is 0 Å². The second-order valence-corrected chi connectivity index (χ2v) is 7.31. The fourth-order valence-corrected chi connectivity index (χ4v) is 4.04. The molecular formula is C22H26N4O. The van der Waals surface area contributed by atoms with Gasteiger partial charge in [0, 0.05) is 48.6 Å². The number of pyridine rings is 1. The summed E-state index contributed by atoms with van der Waals surface area (Å²) in [5.41, 5.74) is 5.52. The van der Waals surface area contributed by atoms with E-state index in [-0.39, 0.29) is 5.91 Å². The Morgan fingerprint density at radius 2 is 2.07 bits per heavy atom. The zero-order chi connectivity index (χ0) is 18.8. The van der Waals surface area contributed by atoms with E-state index in [0.717, 1.165) is 31.6 Å². The van der Waals surface area contributed by atoms with E-state index < -0.39 is 0 Å². The van der Waals surface area contributed by atoms with Gasteiger partial charge in [-0.15, -0.1) is 0 Å². The first-order chi connectivity index (χ1) is 13.2. The lowest BCUT2D eigenvalue weighted by molar-refractivity contribution is 0.0951. The minimum atomic E-state index is -0.108. The third-order valence-corrected chi connectivity index (χ3v) is 5.48. The molecule has 1 amide bonds. The zero-order valence-corrected chi connectivity index (χ0v) is 16.0. The van der Waals surface area contributed by atoms with Crippen molar-refractivity contribution in [1.82, 2.24) is 15.3 Å². The van der Waals surface area contributed by atoms with Crippen LogP contribution >= 0.6 is 0 Å². The van der Waals surface area contributed by atoms with Crippen molar-refractivity contribution < 1.29 is 4.79 Å². The second kappa shape index (κ2) is 7.43. The predicted molar refractivity (Wildman–Crippen MR) is 109 cm³/mol. The van der Waals surface area contributed by atoms with Crippen LogP contribution in [0.1, 0.15) is 47.3 Å². The molecule has 27 heavy (non-hydrogen) atoms. The molecule has 3 heterocycles. The Labute approximate surface area is 159 Å². The zero-order valence-electron chi connectivity index (χ0n) is 16.0. The molecule has 0 aliphatic carbocycles. The summed E-state index contributed by atoms with van der Waals surface area (Å²) in [5, 5.41) is 4.16. The summed E-state index contributed by atoms with van der Waals surface area (Å²) < 4.78 is 0. The van der Waals surface area contributed by atoms with Crippen LogP contribution in [0.3, 0.4) is 0 Å². The van der Waals surface area contributed by atoms with E-state index in [1.807, 2.05) is 19.1 Å². The fraction of sp³-hybridized carbons (Fsp3) is 0.364. The van der Waals surface area contributed by atoms with Crippen LogP contribution in [-0.4, -0.2) is 35.5 Å². The fourth-order valence-electron chi connectivity index (χ4n) is 4.04. The van der Waals surface area contributed by atoms with Crippen LogP contribution in [-0.2, 0) is 0 Å². The van der Waals surface area contributed by atoms with Gasteiger partial charge in [-0.25, -0.2) is 0 Å². The molecule has 0 atom stereocenters. The molecule has 0 spiro atoms. The van der Waals surface area contributed by atoms with E-state index >= 15 is 0 Å². The van der Waals surface area contributed by atoms with Crippen molar-refractivity contribution in [2.24, 2.45) is 0 Å². The number of carbonyl (C=O) groups excluding carboxylic acids is 1. The number of anilines is 1. The molecule has 2 N–H and O–H groups in total. The van der Waals surface area contributed by atoms with Crippen LogP contribution in [0.15, 0.2) is 42.7 Å². The Bertz CT molecular complexity index is 954. The quantitative estimate of drug-likeness (QED) is 0.737. The van der Waals surface area contributed by atoms with Gasteiger partial charge < -0.3 is 15.2 Å². The number of H-pyrrole nitrogens is 1. The molecule has 4 rings (SSSR count). The molecule has 1 aliphatic heterocycles. The molecule has 3 aromatic rings. The van der Waals surface area contributed by atoms with Gasteiger partial charge in [0.15, 0.2) is 0 Å². The van der Waals surface area contributed by atoms with Gasteiger partial charge in [-0.1, -0.05) is 12.1 Å². The third-order valence-electron chi connectivity index (χ3n) is 5.48. The summed E-state index contributed by atoms with van der Waals surface area (Å²) in [7, 11) is 0. The van der Waals surface area contributed by atoms with Crippen molar-refractivity contribution in [3.63, 3.8) is 0 Å². The Morgan fingerprint density at radius 1 is 1.26 bits per heavy atom. The number of carbonyl (C=O) groups is 1. The first-order valence-corrected chi connectivity index (χ1v) is 9.72. The van der Waals surface area contributed by atoms with Crippen LogP contribution in [0.5, 0.6) is 0 Å². The minimum absolute atomic E-state index is 0.108. The number of amides is 1. The average Bonchev–Trinajstić information content (AvgIpc) is 3.11. The van der Waals surface area contributed by atoms with Crippen molar-refractivity contribution in [2.75, 3.05) is 24.5 Å². The van der Waals surface area contributed by atoms with Crippen molar-refractivity contribution in [1.29, 1.82) is 0 Å². The van der Waals surface area contributed by atoms with Gasteiger partial charge in [-0.3, -0.25) is 9.78 Å². The average molecular weight is 362 g/mol. The maximum atomic E-state index is 12.0. The Morgan fingerprint density at radius 3 is 2.85 bits per heavy atom. The molecular weight excluding hydrogens is 336 g/mol. The number of rotatable bonds is 4. The Balaban J connectivity index is 1.47. The maximum Gasteiger partial charge on any atom is 0.269 e. The molecule has 2 aromatic heterocycles. The number of fused-ring (bicyclic) bond motifs is 1. The SMILES string of the molecule is CCNC(=O)c1cc(N2CCC(c3c[nH]c4cc(C)ccc34)CC2)ccn1. The summed E-state index contributed by atoms with van der Waals surface area (Å²) >= 11 is 0. The summed E-state index contributed by atoms with van der Waals surface area (Å²) in [6.45, 7) is 6.63. The molecule has 5 heteroatoms. The van der Waals surface area contributed by atoms with Crippen LogP contribution in [0, 0.1) is 6.92 Å². The number of hydrogen-bond donors (Lipinski definition) is 2. The molecule has 1 saturated heterocycles. The molecule has 0 unspecified atom stereocenters. The van der Waals surface area contributed by atoms with Crippen LogP contribution in [0.2, 0.25) is 0 Å². The Hall–Kier alpha value is -2.82. The summed E-state index contributed by atoms with van der Waals surface area (Å²) in [5.74, 6) is 0.464. The second-order valence-electron chi connectivity index (χ2n) is 7.31. The number of piperidine rings is 1. The van der Waals surface area contributed by atoms with E-state index in [9.17, 15) is 4.79 Å². The topological polar surface area (TPSA) is 61.0 Å². The molecule has 1 fully saturated rings. The van der Waals surface area contributed by atoms with Gasteiger partial charge >= 0.3 is 0 Å². The molecule has 140 valence electrons. The maximum absolute atomic E-state index is 12.0. The Kier molecular flexibility index (Phi) is 4.84. The predicted octanol–water partition coefficient (Wildman–Crippen LogP) is 4.01. The van der Waals surface area contributed by atoms with E-state index in [1.54, 1.807) is 6.20 Å². The van der Waals surface area contributed by atoms with Crippen molar-refractivity contribution in [3.05, 3.63) is 59.5 Å². The van der Waals surface area contributed by atoms with E-state index in [1.165, 1.54) is 22.0 Å². The van der Waals surface area contributed by atoms with Crippen LogP contribution in [0.4, 0.5) is 5.69 Å². The number of aromatic nitrogens is 2. The van der Waals surface area contributed by atoms with Crippen LogP contribution < -0.4 is 10.2 Å². The van der Waals surface area contributed by atoms with Crippen molar-refractivity contribution >= 4 is 22.5 Å². The van der Waals surface area contributed by atoms with Gasteiger partial charge in [-0.05, 0) is 61.9 Å². The number of nitrogens with one attached hydrogen (secondary N) is 2. The van der Waals surface area contributed by atoms with Gasteiger partial charge in [-0.2, -0.15) is 0 Å². The smallest absolute Gasteiger partial charge is 0.269 e. The molecule has 0 radical (unpaired) electrons. The lowest BCUT2D eigenvalue weighted by Gasteiger charge is -2.33. The molecule has 1 aromatic carbocycles. The normalized spacial score (nSPS) is 15.3. The van der Waals surface area contributed by atoms with E-state index in [4.69, 9.17) is 0 Å². The van der Waals surface area contributed by atoms with E-state index in [0.29, 0.717) is 18.2 Å². The first kappa shape index (κ1) is 17.6. The standard InChI is InChI=1S/C22H26N4O/c1-3-23-22(27)21-13-17(6-9-24-21)26-10-7-16(8-11-26)19-14-25-20-12-15(2)4-5-18(19)20/h4-6,9,12-14,16,25H,3,7-8,10-11H2,1-2H3,(H,23,27). The lowest BCUT2D eigenvalue weighted by atomic mass is 9.89. The van der Waals surface area contributed by atoms with E-state index in [2.05, 4.69) is 51.5 Å². The molecule has 5 nitrogen and oxygen atoms in total. The molecule has 1 aliphatic rings. The molecule has 0 saturated carbocycles. The van der Waals surface area contributed by atoms with Gasteiger partial charge in [0.25, 0.3) is 5.91 Å². The lowest BCUT2D eigenvalue weighted by Crippen LogP contribution is -2.33. The summed E-state index contributed by atoms with van der Waals surface area (Å²) in [4.78, 5) is 22.0. The number of benzene rings is 1. The first-order valence-electron chi connectivity index (χ1n) is 9.72.